The lowest BCUT2D eigenvalue weighted by atomic mass is 10.1. The number of aliphatic hydroxyl groups is 1. The van der Waals surface area contributed by atoms with Crippen molar-refractivity contribution in [3.05, 3.63) is 29.6 Å². The number of aromatic nitrogens is 1. The summed E-state index contributed by atoms with van der Waals surface area (Å²) in [6, 6.07) is 3.65. The Balaban J connectivity index is 1.75. The van der Waals surface area contributed by atoms with Crippen LogP contribution in [0.3, 0.4) is 0 Å². The van der Waals surface area contributed by atoms with Gasteiger partial charge in [-0.05, 0) is 18.1 Å². The molecule has 1 aliphatic carbocycles. The zero-order valence-electron chi connectivity index (χ0n) is 10.7. The maximum absolute atomic E-state index is 12.3. The van der Waals surface area contributed by atoms with Crippen molar-refractivity contribution < 1.29 is 9.90 Å². The molecule has 4 nitrogen and oxygen atoms in total. The summed E-state index contributed by atoms with van der Waals surface area (Å²) >= 11 is 0. The fourth-order valence-corrected chi connectivity index (χ4v) is 2.74. The summed E-state index contributed by atoms with van der Waals surface area (Å²) in [5, 5.41) is 9.49. The molecule has 3 rings (SSSR count). The molecular weight excluding hydrogens is 228 g/mol. The first-order chi connectivity index (χ1) is 8.58. The van der Waals surface area contributed by atoms with Crippen LogP contribution in [0.2, 0.25) is 0 Å². The van der Waals surface area contributed by atoms with Crippen LogP contribution in [0.25, 0.3) is 0 Å². The molecular formula is C14H18N2O2. The van der Waals surface area contributed by atoms with Gasteiger partial charge in [0.05, 0.1) is 6.10 Å². The van der Waals surface area contributed by atoms with E-state index in [4.69, 9.17) is 0 Å². The van der Waals surface area contributed by atoms with E-state index < -0.39 is 0 Å². The maximum Gasteiger partial charge on any atom is 0.253 e. The van der Waals surface area contributed by atoms with Gasteiger partial charge in [0.1, 0.15) is 0 Å². The fourth-order valence-electron chi connectivity index (χ4n) is 2.74. The Bertz CT molecular complexity index is 474. The van der Waals surface area contributed by atoms with Gasteiger partial charge in [-0.15, -0.1) is 0 Å². The lowest BCUT2D eigenvalue weighted by molar-refractivity contribution is 0.0746. The Kier molecular flexibility index (Phi) is 2.63. The van der Waals surface area contributed by atoms with E-state index in [9.17, 15) is 9.90 Å². The number of carbonyl (C=O) groups excluding carboxylic acids is 1. The largest absolute Gasteiger partial charge is 0.392 e. The zero-order valence-corrected chi connectivity index (χ0v) is 10.7. The first-order valence-corrected chi connectivity index (χ1v) is 6.51. The first-order valence-electron chi connectivity index (χ1n) is 6.51. The average molecular weight is 246 g/mol. The van der Waals surface area contributed by atoms with Crippen LogP contribution in [-0.4, -0.2) is 40.1 Å². The monoisotopic (exact) mass is 246 g/mol. The van der Waals surface area contributed by atoms with Gasteiger partial charge in [0.2, 0.25) is 0 Å². The number of nitrogens with zero attached hydrogens (tertiary/aromatic N) is 2. The highest BCUT2D eigenvalue weighted by atomic mass is 16.3. The van der Waals surface area contributed by atoms with Crippen LogP contribution >= 0.6 is 0 Å². The molecule has 1 aromatic heterocycles. The second kappa shape index (κ2) is 4.05. The molecule has 1 saturated carbocycles. The minimum Gasteiger partial charge on any atom is -0.392 e. The highest BCUT2D eigenvalue weighted by molar-refractivity contribution is 5.94. The molecule has 1 amide bonds. The SMILES string of the molecule is CC(C)c1cc(C(=O)N2CC3C(O)C3C2)ccn1. The highest BCUT2D eigenvalue weighted by Crippen LogP contribution is 2.45. The van der Waals surface area contributed by atoms with E-state index in [0.29, 0.717) is 36.4 Å². The molecule has 2 heterocycles. The minimum absolute atomic E-state index is 0.0682. The number of fused-ring (bicyclic) bond motifs is 1. The number of amides is 1. The number of rotatable bonds is 2. The number of likely N-dealkylation sites (tertiary alicyclic amines) is 1. The van der Waals surface area contributed by atoms with Crippen molar-refractivity contribution in [2.45, 2.75) is 25.9 Å². The van der Waals surface area contributed by atoms with E-state index in [1.54, 1.807) is 12.3 Å². The molecule has 0 aromatic carbocycles. The van der Waals surface area contributed by atoms with Crippen LogP contribution in [0, 0.1) is 11.8 Å². The summed E-state index contributed by atoms with van der Waals surface area (Å²) in [5.74, 6) is 1.03. The summed E-state index contributed by atoms with van der Waals surface area (Å²) in [7, 11) is 0. The van der Waals surface area contributed by atoms with Crippen LogP contribution in [-0.2, 0) is 0 Å². The number of aliphatic hydroxyl groups excluding tert-OH is 1. The summed E-state index contributed by atoms with van der Waals surface area (Å²) in [6.07, 6.45) is 1.53. The Labute approximate surface area is 107 Å². The van der Waals surface area contributed by atoms with Crippen LogP contribution in [0.5, 0.6) is 0 Å². The molecule has 0 spiro atoms. The van der Waals surface area contributed by atoms with Gasteiger partial charge in [0.15, 0.2) is 0 Å². The summed E-state index contributed by atoms with van der Waals surface area (Å²) < 4.78 is 0. The molecule has 18 heavy (non-hydrogen) atoms. The van der Waals surface area contributed by atoms with E-state index in [2.05, 4.69) is 18.8 Å². The van der Waals surface area contributed by atoms with Crippen LogP contribution in [0.4, 0.5) is 0 Å². The summed E-state index contributed by atoms with van der Waals surface area (Å²) in [4.78, 5) is 18.4. The lowest BCUT2D eigenvalue weighted by Crippen LogP contribution is -2.32. The number of hydrogen-bond donors (Lipinski definition) is 1. The third-order valence-corrected chi connectivity index (χ3v) is 4.06. The molecule has 0 radical (unpaired) electrons. The van der Waals surface area contributed by atoms with Crippen molar-refractivity contribution in [2.24, 2.45) is 11.8 Å². The predicted octanol–water partition coefficient (Wildman–Crippen LogP) is 1.27. The quantitative estimate of drug-likeness (QED) is 0.855. The van der Waals surface area contributed by atoms with Crippen molar-refractivity contribution in [1.82, 2.24) is 9.88 Å². The van der Waals surface area contributed by atoms with E-state index in [-0.39, 0.29) is 12.0 Å². The fraction of sp³-hybridized carbons (Fsp3) is 0.571. The first kappa shape index (κ1) is 11.7. The molecule has 0 bridgehead atoms. The van der Waals surface area contributed by atoms with Crippen molar-refractivity contribution in [2.75, 3.05) is 13.1 Å². The third kappa shape index (κ3) is 1.81. The molecule has 1 aromatic rings. The summed E-state index contributed by atoms with van der Waals surface area (Å²) in [6.45, 7) is 5.53. The molecule has 96 valence electrons. The van der Waals surface area contributed by atoms with Crippen molar-refractivity contribution in [3.63, 3.8) is 0 Å². The second-order valence-corrected chi connectivity index (χ2v) is 5.65. The standard InChI is InChI=1S/C14H18N2O2/c1-8(2)12-5-9(3-4-15-12)14(18)16-6-10-11(7-16)13(10)17/h3-5,8,10-11,13,17H,6-7H2,1-2H3. The van der Waals surface area contributed by atoms with Gasteiger partial charge in [0, 0.05) is 42.4 Å². The normalized spacial score (nSPS) is 29.6. The highest BCUT2D eigenvalue weighted by Gasteiger charge is 2.56. The molecule has 2 atom stereocenters. The molecule has 2 fully saturated rings. The smallest absolute Gasteiger partial charge is 0.253 e. The van der Waals surface area contributed by atoms with Crippen molar-refractivity contribution in [1.29, 1.82) is 0 Å². The van der Waals surface area contributed by atoms with E-state index in [1.807, 2.05) is 11.0 Å². The van der Waals surface area contributed by atoms with E-state index >= 15 is 0 Å². The molecule has 2 unspecified atom stereocenters. The molecule has 1 saturated heterocycles. The Morgan fingerprint density at radius 1 is 1.44 bits per heavy atom. The van der Waals surface area contributed by atoms with Gasteiger partial charge in [-0.1, -0.05) is 13.8 Å². The van der Waals surface area contributed by atoms with Gasteiger partial charge < -0.3 is 10.0 Å². The predicted molar refractivity (Wildman–Crippen MR) is 67.2 cm³/mol. The van der Waals surface area contributed by atoms with Gasteiger partial charge in [-0.2, -0.15) is 0 Å². The second-order valence-electron chi connectivity index (χ2n) is 5.65. The molecule has 1 N–H and O–H groups in total. The minimum atomic E-state index is -0.169. The van der Waals surface area contributed by atoms with Gasteiger partial charge >= 0.3 is 0 Å². The molecule has 4 heteroatoms. The van der Waals surface area contributed by atoms with Crippen LogP contribution in [0.15, 0.2) is 18.3 Å². The zero-order chi connectivity index (χ0) is 12.9. The van der Waals surface area contributed by atoms with Gasteiger partial charge in [0.25, 0.3) is 5.91 Å². The number of carbonyl (C=O) groups is 1. The Hall–Kier alpha value is -1.42. The molecule has 2 aliphatic rings. The number of pyridine rings is 1. The van der Waals surface area contributed by atoms with Crippen LogP contribution in [0.1, 0.15) is 35.8 Å². The van der Waals surface area contributed by atoms with Gasteiger partial charge in [-0.3, -0.25) is 9.78 Å². The number of hydrogen-bond acceptors (Lipinski definition) is 3. The molecule has 1 aliphatic heterocycles. The summed E-state index contributed by atoms with van der Waals surface area (Å²) in [5.41, 5.74) is 1.66. The average Bonchev–Trinajstić information content (AvgIpc) is 2.81. The van der Waals surface area contributed by atoms with E-state index in [1.165, 1.54) is 0 Å². The van der Waals surface area contributed by atoms with Crippen LogP contribution < -0.4 is 0 Å². The van der Waals surface area contributed by atoms with Gasteiger partial charge in [-0.25, -0.2) is 0 Å². The Morgan fingerprint density at radius 2 is 2.11 bits per heavy atom. The third-order valence-electron chi connectivity index (χ3n) is 4.06. The van der Waals surface area contributed by atoms with Crippen molar-refractivity contribution >= 4 is 5.91 Å². The number of piperidine rings is 1. The van der Waals surface area contributed by atoms with E-state index in [0.717, 1.165) is 5.69 Å². The Morgan fingerprint density at radius 3 is 2.72 bits per heavy atom. The lowest BCUT2D eigenvalue weighted by Gasteiger charge is -2.19. The van der Waals surface area contributed by atoms with Crippen molar-refractivity contribution in [3.8, 4) is 0 Å². The maximum atomic E-state index is 12.3. The topological polar surface area (TPSA) is 53.4 Å².